The molecule has 0 aliphatic carbocycles. The predicted molar refractivity (Wildman–Crippen MR) is 70.6 cm³/mol. The largest absolute Gasteiger partial charge is 0.373 e. The first-order valence-electron chi connectivity index (χ1n) is 5.79. The molecule has 0 spiro atoms. The predicted octanol–water partition coefficient (Wildman–Crippen LogP) is 1.46. The van der Waals surface area contributed by atoms with E-state index in [4.69, 9.17) is 10.5 Å². The smallest absolute Gasteiger partial charge is 0.186 e. The molecule has 1 aromatic carbocycles. The van der Waals surface area contributed by atoms with Gasteiger partial charge in [0.2, 0.25) is 0 Å². The van der Waals surface area contributed by atoms with Crippen molar-refractivity contribution in [2.75, 3.05) is 31.1 Å². The first kappa shape index (κ1) is 11.0. The van der Waals surface area contributed by atoms with E-state index in [2.05, 4.69) is 22.0 Å². The fourth-order valence-electron chi connectivity index (χ4n) is 2.03. The Morgan fingerprint density at radius 3 is 3.18 bits per heavy atom. The highest BCUT2D eigenvalue weighted by Gasteiger charge is 2.21. The summed E-state index contributed by atoms with van der Waals surface area (Å²) in [6.45, 7) is 3.05. The third-order valence-electron chi connectivity index (χ3n) is 2.95. The van der Waals surface area contributed by atoms with E-state index >= 15 is 0 Å². The number of hydrogen-bond acceptors (Lipinski definition) is 5. The van der Waals surface area contributed by atoms with Crippen LogP contribution in [0.25, 0.3) is 10.2 Å². The molecule has 90 valence electrons. The standard InChI is InChI=1S/C12H15N3OS/c13-7-9-8-15(5-6-16-9)12-14-10-3-1-2-4-11(10)17-12/h1-4,9H,5-8,13H2. The molecular formula is C12H15N3OS. The average Bonchev–Trinajstić information content (AvgIpc) is 2.82. The topological polar surface area (TPSA) is 51.4 Å². The minimum Gasteiger partial charge on any atom is -0.373 e. The second kappa shape index (κ2) is 4.60. The lowest BCUT2D eigenvalue weighted by molar-refractivity contribution is 0.0466. The minimum atomic E-state index is 0.135. The lowest BCUT2D eigenvalue weighted by atomic mass is 10.3. The molecule has 2 heterocycles. The molecule has 3 rings (SSSR count). The van der Waals surface area contributed by atoms with Gasteiger partial charge in [-0.15, -0.1) is 0 Å². The number of hydrogen-bond donors (Lipinski definition) is 1. The van der Waals surface area contributed by atoms with Gasteiger partial charge in [-0.3, -0.25) is 0 Å². The summed E-state index contributed by atoms with van der Waals surface area (Å²) in [7, 11) is 0. The highest BCUT2D eigenvalue weighted by molar-refractivity contribution is 7.22. The van der Waals surface area contributed by atoms with Crippen LogP contribution in [0.1, 0.15) is 0 Å². The molecule has 1 saturated heterocycles. The molecule has 1 aliphatic rings. The second-order valence-electron chi connectivity index (χ2n) is 4.14. The first-order valence-corrected chi connectivity index (χ1v) is 6.60. The van der Waals surface area contributed by atoms with Crippen LogP contribution >= 0.6 is 11.3 Å². The maximum absolute atomic E-state index is 5.65. The molecule has 1 atom stereocenters. The number of nitrogens with two attached hydrogens (primary N) is 1. The summed E-state index contributed by atoms with van der Waals surface area (Å²) in [4.78, 5) is 6.92. The summed E-state index contributed by atoms with van der Waals surface area (Å²) in [5, 5.41) is 1.08. The van der Waals surface area contributed by atoms with Crippen molar-refractivity contribution < 1.29 is 4.74 Å². The highest BCUT2D eigenvalue weighted by Crippen LogP contribution is 2.29. The second-order valence-corrected chi connectivity index (χ2v) is 5.15. The number of thiazole rings is 1. The summed E-state index contributed by atoms with van der Waals surface area (Å²) in [6.07, 6.45) is 0.135. The van der Waals surface area contributed by atoms with Gasteiger partial charge in [-0.05, 0) is 12.1 Å². The minimum absolute atomic E-state index is 0.135. The SMILES string of the molecule is NCC1CN(c2nc3ccccc3s2)CCO1. The van der Waals surface area contributed by atoms with E-state index in [1.54, 1.807) is 11.3 Å². The molecule has 2 aromatic rings. The van der Waals surface area contributed by atoms with Gasteiger partial charge in [0.15, 0.2) is 5.13 Å². The summed E-state index contributed by atoms with van der Waals surface area (Å²) in [5.74, 6) is 0. The zero-order valence-corrected chi connectivity index (χ0v) is 10.3. The molecule has 0 bridgehead atoms. The summed E-state index contributed by atoms with van der Waals surface area (Å²) in [6, 6.07) is 8.23. The molecule has 0 radical (unpaired) electrons. The Morgan fingerprint density at radius 2 is 2.35 bits per heavy atom. The van der Waals surface area contributed by atoms with Crippen LogP contribution in [0.4, 0.5) is 5.13 Å². The summed E-state index contributed by atoms with van der Waals surface area (Å²) in [5.41, 5.74) is 6.72. The Hall–Kier alpha value is -1.17. The quantitative estimate of drug-likeness (QED) is 0.875. The van der Waals surface area contributed by atoms with Crippen LogP contribution in [-0.4, -0.2) is 37.3 Å². The van der Waals surface area contributed by atoms with Crippen molar-refractivity contribution in [3.8, 4) is 0 Å². The van der Waals surface area contributed by atoms with Crippen LogP contribution in [0.2, 0.25) is 0 Å². The molecular weight excluding hydrogens is 234 g/mol. The highest BCUT2D eigenvalue weighted by atomic mass is 32.1. The molecule has 1 aliphatic heterocycles. The first-order chi connectivity index (χ1) is 8.36. The Morgan fingerprint density at radius 1 is 1.47 bits per heavy atom. The number of ether oxygens (including phenoxy) is 1. The van der Waals surface area contributed by atoms with E-state index in [0.717, 1.165) is 30.3 Å². The van der Waals surface area contributed by atoms with Crippen molar-refractivity contribution in [2.45, 2.75) is 6.10 Å². The van der Waals surface area contributed by atoms with Crippen LogP contribution in [0.5, 0.6) is 0 Å². The van der Waals surface area contributed by atoms with Gasteiger partial charge >= 0.3 is 0 Å². The molecule has 17 heavy (non-hydrogen) atoms. The van der Waals surface area contributed by atoms with Crippen molar-refractivity contribution in [1.29, 1.82) is 0 Å². The number of morpholine rings is 1. The Kier molecular flexibility index (Phi) is 2.96. The van der Waals surface area contributed by atoms with E-state index in [1.807, 2.05) is 12.1 Å². The number of rotatable bonds is 2. The number of fused-ring (bicyclic) bond motifs is 1. The summed E-state index contributed by atoms with van der Waals surface area (Å²) < 4.78 is 6.80. The molecule has 0 saturated carbocycles. The zero-order valence-electron chi connectivity index (χ0n) is 9.50. The van der Waals surface area contributed by atoms with Gasteiger partial charge in [0.25, 0.3) is 0 Å². The van der Waals surface area contributed by atoms with Crippen molar-refractivity contribution >= 4 is 26.7 Å². The Labute approximate surface area is 104 Å². The Bertz CT molecular complexity index is 480. The van der Waals surface area contributed by atoms with Crippen molar-refractivity contribution in [1.82, 2.24) is 4.98 Å². The lowest BCUT2D eigenvalue weighted by Gasteiger charge is -2.31. The molecule has 1 fully saturated rings. The van der Waals surface area contributed by atoms with Gasteiger partial charge in [-0.25, -0.2) is 4.98 Å². The maximum Gasteiger partial charge on any atom is 0.186 e. The average molecular weight is 249 g/mol. The maximum atomic E-state index is 5.65. The fraction of sp³-hybridized carbons (Fsp3) is 0.417. The van der Waals surface area contributed by atoms with E-state index in [-0.39, 0.29) is 6.10 Å². The van der Waals surface area contributed by atoms with E-state index in [0.29, 0.717) is 6.54 Å². The number of aromatic nitrogens is 1. The van der Waals surface area contributed by atoms with E-state index in [1.165, 1.54) is 4.70 Å². The number of benzene rings is 1. The van der Waals surface area contributed by atoms with Gasteiger partial charge in [0, 0.05) is 19.6 Å². The van der Waals surface area contributed by atoms with Crippen LogP contribution in [0.3, 0.4) is 0 Å². The van der Waals surface area contributed by atoms with Gasteiger partial charge in [-0.2, -0.15) is 0 Å². The normalized spacial score (nSPS) is 21.0. The monoisotopic (exact) mass is 249 g/mol. The van der Waals surface area contributed by atoms with Crippen molar-refractivity contribution in [3.05, 3.63) is 24.3 Å². The molecule has 1 aromatic heterocycles. The van der Waals surface area contributed by atoms with Crippen LogP contribution in [0, 0.1) is 0 Å². The molecule has 4 nitrogen and oxygen atoms in total. The number of nitrogens with zero attached hydrogens (tertiary/aromatic N) is 2. The van der Waals surface area contributed by atoms with Gasteiger partial charge in [0.05, 0.1) is 22.9 Å². The van der Waals surface area contributed by atoms with Gasteiger partial charge in [0.1, 0.15) is 0 Å². The molecule has 1 unspecified atom stereocenters. The van der Waals surface area contributed by atoms with Crippen molar-refractivity contribution in [3.63, 3.8) is 0 Å². The summed E-state index contributed by atoms with van der Waals surface area (Å²) >= 11 is 1.73. The third-order valence-corrected chi connectivity index (χ3v) is 4.05. The van der Waals surface area contributed by atoms with Crippen LogP contribution < -0.4 is 10.6 Å². The lowest BCUT2D eigenvalue weighted by Crippen LogP contribution is -2.45. The zero-order chi connectivity index (χ0) is 11.7. The number of anilines is 1. The van der Waals surface area contributed by atoms with Crippen LogP contribution in [0.15, 0.2) is 24.3 Å². The van der Waals surface area contributed by atoms with Crippen molar-refractivity contribution in [2.24, 2.45) is 5.73 Å². The van der Waals surface area contributed by atoms with Gasteiger partial charge in [-0.1, -0.05) is 23.5 Å². The third kappa shape index (κ3) is 2.13. The Balaban J connectivity index is 1.87. The number of para-hydroxylation sites is 1. The van der Waals surface area contributed by atoms with E-state index in [9.17, 15) is 0 Å². The molecule has 2 N–H and O–H groups in total. The molecule has 5 heteroatoms. The van der Waals surface area contributed by atoms with E-state index < -0.39 is 0 Å². The molecule has 0 amide bonds. The fourth-order valence-corrected chi connectivity index (χ4v) is 3.03. The van der Waals surface area contributed by atoms with Crippen LogP contribution in [-0.2, 0) is 4.74 Å². The van der Waals surface area contributed by atoms with Gasteiger partial charge < -0.3 is 15.4 Å².